The van der Waals surface area contributed by atoms with Crippen LogP contribution in [0.3, 0.4) is 0 Å². The third kappa shape index (κ3) is 44.5. The lowest BCUT2D eigenvalue weighted by Crippen LogP contribution is -1.83. The first-order chi connectivity index (χ1) is 19.8. The molecule has 0 fully saturated rings. The van der Waals surface area contributed by atoms with E-state index in [0.29, 0.717) is 0 Å². The average molecular weight is 561 g/mol. The molecule has 0 aliphatic heterocycles. The molecule has 0 unspecified atom stereocenters. The van der Waals surface area contributed by atoms with Gasteiger partial charge in [0, 0.05) is 0 Å². The minimum absolute atomic E-state index is 1.21. The van der Waals surface area contributed by atoms with Gasteiger partial charge >= 0.3 is 0 Å². The Morgan fingerprint density at radius 2 is 0.400 bits per heavy atom. The first-order valence-electron chi connectivity index (χ1n) is 19.0. The van der Waals surface area contributed by atoms with Gasteiger partial charge in [0.15, 0.2) is 0 Å². The second-order valence-corrected chi connectivity index (χ2v) is 12.8. The zero-order chi connectivity index (χ0) is 29.5. The Morgan fingerprint density at radius 1 is 0.250 bits per heavy atom. The van der Waals surface area contributed by atoms with Crippen molar-refractivity contribution in [1.82, 2.24) is 0 Å². The van der Waals surface area contributed by atoms with Crippen molar-refractivity contribution in [3.8, 4) is 0 Å². The van der Waals surface area contributed by atoms with Crippen LogP contribution in [0.4, 0.5) is 0 Å². The van der Waals surface area contributed by atoms with Crippen LogP contribution >= 0.6 is 0 Å². The molecule has 0 atom stereocenters. The fraction of sp³-hybridized carbons (Fsp3) is 0.900. The van der Waals surface area contributed by atoms with Crippen LogP contribution in [-0.4, -0.2) is 0 Å². The van der Waals surface area contributed by atoms with Crippen molar-refractivity contribution >= 4 is 0 Å². The van der Waals surface area contributed by atoms with Crippen LogP contribution in [0, 0.1) is 0 Å². The van der Waals surface area contributed by atoms with Crippen molar-refractivity contribution in [2.24, 2.45) is 0 Å². The summed E-state index contributed by atoms with van der Waals surface area (Å²) in [5, 5.41) is 0. The van der Waals surface area contributed by atoms with E-state index in [1.807, 2.05) is 12.2 Å². The molecule has 0 aromatic rings. The zero-order valence-corrected chi connectivity index (χ0v) is 28.6. The van der Waals surface area contributed by atoms with Crippen LogP contribution < -0.4 is 0 Å². The first kappa shape index (κ1) is 41.6. The van der Waals surface area contributed by atoms with Gasteiger partial charge < -0.3 is 0 Å². The molecule has 0 saturated heterocycles. The lowest BCUT2D eigenvalue weighted by Gasteiger charge is -2.03. The van der Waals surface area contributed by atoms with E-state index in [2.05, 4.69) is 27.0 Å². The van der Waals surface area contributed by atoms with Crippen molar-refractivity contribution in [3.63, 3.8) is 0 Å². The van der Waals surface area contributed by atoms with Crippen molar-refractivity contribution in [1.29, 1.82) is 0 Å². The average Bonchev–Trinajstić information content (AvgIpc) is 2.97. The van der Waals surface area contributed by atoms with Crippen LogP contribution in [0.1, 0.15) is 232 Å². The van der Waals surface area contributed by atoms with Gasteiger partial charge in [-0.25, -0.2) is 0 Å². The molecule has 0 aromatic carbocycles. The molecule has 0 heterocycles. The summed E-state index contributed by atoms with van der Waals surface area (Å²) in [6, 6.07) is 0. The molecular weight excluding hydrogens is 480 g/mol. The Balaban J connectivity index is 0. The largest absolute Gasteiger partial charge is 0.103 e. The third-order valence-corrected chi connectivity index (χ3v) is 8.52. The van der Waals surface area contributed by atoms with Gasteiger partial charge in [-0.15, -0.1) is 13.2 Å². The smallest absolute Gasteiger partial charge is 0.0353 e. The van der Waals surface area contributed by atoms with E-state index in [9.17, 15) is 0 Å². The van der Waals surface area contributed by atoms with Gasteiger partial charge in [-0.1, -0.05) is 219 Å². The molecule has 0 bridgehead atoms. The van der Waals surface area contributed by atoms with Crippen molar-refractivity contribution in [3.05, 3.63) is 25.3 Å². The fourth-order valence-electron chi connectivity index (χ4n) is 5.67. The van der Waals surface area contributed by atoms with Crippen molar-refractivity contribution in [2.45, 2.75) is 232 Å². The maximum Gasteiger partial charge on any atom is -0.0353 e. The van der Waals surface area contributed by atoms with Gasteiger partial charge in [-0.05, 0) is 25.7 Å². The molecule has 0 amide bonds. The SMILES string of the molecule is C=CCCCCCCCCCCCCCCCCCC.C=CCCCCCCCCCCCCCCCCCC. The Morgan fingerprint density at radius 3 is 0.550 bits per heavy atom. The van der Waals surface area contributed by atoms with E-state index in [-0.39, 0.29) is 0 Å². The molecule has 0 rings (SSSR count). The van der Waals surface area contributed by atoms with Crippen LogP contribution in [-0.2, 0) is 0 Å². The summed E-state index contributed by atoms with van der Waals surface area (Å²) in [5.74, 6) is 0. The number of hydrogen-bond acceptors (Lipinski definition) is 0. The second kappa shape index (κ2) is 42.9. The molecule has 0 nitrogen and oxygen atoms in total. The summed E-state index contributed by atoms with van der Waals surface area (Å²) in [6.07, 6.45) is 52.9. The molecule has 0 aliphatic rings. The molecule has 0 radical (unpaired) electrons. The summed E-state index contributed by atoms with van der Waals surface area (Å²) >= 11 is 0. The molecule has 0 heteroatoms. The molecule has 40 heavy (non-hydrogen) atoms. The van der Waals surface area contributed by atoms with E-state index in [1.165, 1.54) is 218 Å². The van der Waals surface area contributed by atoms with Gasteiger partial charge in [0.25, 0.3) is 0 Å². The number of allylic oxidation sites excluding steroid dienone is 2. The molecule has 0 saturated carbocycles. The Bertz CT molecular complexity index is 382. The molecule has 240 valence electrons. The highest BCUT2D eigenvalue weighted by Crippen LogP contribution is 2.15. The first-order valence-corrected chi connectivity index (χ1v) is 19.0. The second-order valence-electron chi connectivity index (χ2n) is 12.8. The predicted molar refractivity (Wildman–Crippen MR) is 189 cm³/mol. The van der Waals surface area contributed by atoms with Crippen molar-refractivity contribution < 1.29 is 0 Å². The monoisotopic (exact) mass is 561 g/mol. The molecular formula is C40H80. The maximum absolute atomic E-state index is 3.77. The van der Waals surface area contributed by atoms with Gasteiger partial charge in [0.1, 0.15) is 0 Å². The molecule has 0 spiro atoms. The normalized spacial score (nSPS) is 10.8. The van der Waals surface area contributed by atoms with E-state index in [4.69, 9.17) is 0 Å². The summed E-state index contributed by atoms with van der Waals surface area (Å²) < 4.78 is 0. The summed E-state index contributed by atoms with van der Waals surface area (Å²) in [4.78, 5) is 0. The van der Waals surface area contributed by atoms with Gasteiger partial charge in [0.05, 0.1) is 0 Å². The minimum atomic E-state index is 1.21. The molecule has 0 aromatic heterocycles. The molecule has 0 N–H and O–H groups in total. The summed E-state index contributed by atoms with van der Waals surface area (Å²) in [7, 11) is 0. The lowest BCUT2D eigenvalue weighted by atomic mass is 10.0. The Hall–Kier alpha value is -0.520. The highest BCUT2D eigenvalue weighted by Gasteiger charge is 1.95. The highest BCUT2D eigenvalue weighted by molar-refractivity contribution is 4.66. The van der Waals surface area contributed by atoms with Crippen LogP contribution in [0.15, 0.2) is 25.3 Å². The lowest BCUT2D eigenvalue weighted by molar-refractivity contribution is 0.530. The Labute approximate surface area is 257 Å². The number of rotatable bonds is 34. The fourth-order valence-corrected chi connectivity index (χ4v) is 5.67. The minimum Gasteiger partial charge on any atom is -0.103 e. The number of unbranched alkanes of at least 4 members (excludes halogenated alkanes) is 32. The Kier molecular flexibility index (Phi) is 44.7. The predicted octanol–water partition coefficient (Wildman–Crippen LogP) is 15.6. The van der Waals surface area contributed by atoms with E-state index < -0.39 is 0 Å². The van der Waals surface area contributed by atoms with Crippen LogP contribution in [0.5, 0.6) is 0 Å². The van der Waals surface area contributed by atoms with E-state index in [1.54, 1.807) is 0 Å². The summed E-state index contributed by atoms with van der Waals surface area (Å²) in [5.41, 5.74) is 0. The van der Waals surface area contributed by atoms with Gasteiger partial charge in [0.2, 0.25) is 0 Å². The standard InChI is InChI=1S/2C20H40/c2*1-3-5-7-9-11-13-15-17-19-20-18-16-14-12-10-8-6-4-2/h2*3H,1,4-20H2,2H3. The van der Waals surface area contributed by atoms with Gasteiger partial charge in [-0.3, -0.25) is 0 Å². The third-order valence-electron chi connectivity index (χ3n) is 8.52. The van der Waals surface area contributed by atoms with Crippen molar-refractivity contribution in [2.75, 3.05) is 0 Å². The van der Waals surface area contributed by atoms with E-state index in [0.717, 1.165) is 0 Å². The maximum atomic E-state index is 3.77. The number of hydrogen-bond donors (Lipinski definition) is 0. The quantitative estimate of drug-likeness (QED) is 0.0542. The molecule has 0 aliphatic carbocycles. The van der Waals surface area contributed by atoms with Crippen LogP contribution in [0.2, 0.25) is 0 Å². The van der Waals surface area contributed by atoms with Crippen LogP contribution in [0.25, 0.3) is 0 Å². The summed E-state index contributed by atoms with van der Waals surface area (Å²) in [6.45, 7) is 12.1. The zero-order valence-electron chi connectivity index (χ0n) is 28.6. The topological polar surface area (TPSA) is 0 Å². The highest BCUT2D eigenvalue weighted by atomic mass is 14.0. The van der Waals surface area contributed by atoms with Gasteiger partial charge in [-0.2, -0.15) is 0 Å². The van der Waals surface area contributed by atoms with E-state index >= 15 is 0 Å².